The van der Waals surface area contributed by atoms with Crippen LogP contribution in [0.3, 0.4) is 0 Å². The standard InChI is InChI=1S/C12H28O2Si2/c1-12(8-5-6-9-13-12)15-11-7-10-14-16(2,3)4/h5-11,15H2,1-4H3. The molecule has 16 heavy (non-hydrogen) atoms. The van der Waals surface area contributed by atoms with Crippen LogP contribution in [0.4, 0.5) is 0 Å². The molecule has 0 aromatic rings. The molecular weight excluding hydrogens is 232 g/mol. The van der Waals surface area contributed by atoms with E-state index in [4.69, 9.17) is 9.16 Å². The van der Waals surface area contributed by atoms with Crippen LogP contribution in [0, 0.1) is 0 Å². The molecule has 0 amide bonds. The summed E-state index contributed by atoms with van der Waals surface area (Å²) in [6, 6.07) is 1.38. The normalized spacial score (nSPS) is 27.8. The van der Waals surface area contributed by atoms with E-state index in [0.29, 0.717) is 5.22 Å². The molecule has 1 aliphatic heterocycles. The van der Waals surface area contributed by atoms with Gasteiger partial charge in [0.05, 0.1) is 9.52 Å². The fourth-order valence-electron chi connectivity index (χ4n) is 2.17. The minimum atomic E-state index is -1.28. The number of hydrogen-bond acceptors (Lipinski definition) is 2. The summed E-state index contributed by atoms with van der Waals surface area (Å²) in [6.45, 7) is 11.1. The summed E-state index contributed by atoms with van der Waals surface area (Å²) < 4.78 is 11.8. The lowest BCUT2D eigenvalue weighted by atomic mass is 10.1. The van der Waals surface area contributed by atoms with E-state index in [9.17, 15) is 0 Å². The average Bonchev–Trinajstić information content (AvgIpc) is 2.16. The van der Waals surface area contributed by atoms with Gasteiger partial charge in [0, 0.05) is 18.4 Å². The highest BCUT2D eigenvalue weighted by Gasteiger charge is 2.27. The SMILES string of the molecule is CC1([SiH2]CCCO[Si](C)(C)C)CCCCO1. The monoisotopic (exact) mass is 260 g/mol. The van der Waals surface area contributed by atoms with Gasteiger partial charge in [-0.15, -0.1) is 0 Å². The molecule has 0 spiro atoms. The number of ether oxygens (including phenoxy) is 1. The van der Waals surface area contributed by atoms with Crippen molar-refractivity contribution in [3.8, 4) is 0 Å². The third-order valence-electron chi connectivity index (χ3n) is 3.19. The fourth-order valence-corrected chi connectivity index (χ4v) is 4.92. The minimum absolute atomic E-state index is 0.0818. The van der Waals surface area contributed by atoms with Gasteiger partial charge in [-0.3, -0.25) is 0 Å². The Balaban J connectivity index is 2.06. The van der Waals surface area contributed by atoms with Gasteiger partial charge in [0.2, 0.25) is 0 Å². The molecule has 0 radical (unpaired) electrons. The van der Waals surface area contributed by atoms with Crippen molar-refractivity contribution in [2.45, 2.75) is 63.5 Å². The van der Waals surface area contributed by atoms with Crippen molar-refractivity contribution in [3.05, 3.63) is 0 Å². The van der Waals surface area contributed by atoms with E-state index in [-0.39, 0.29) is 9.52 Å². The zero-order valence-electron chi connectivity index (χ0n) is 11.5. The van der Waals surface area contributed by atoms with E-state index in [0.717, 1.165) is 13.2 Å². The molecule has 1 unspecified atom stereocenters. The van der Waals surface area contributed by atoms with E-state index in [1.165, 1.54) is 31.7 Å². The van der Waals surface area contributed by atoms with Gasteiger partial charge in [0.1, 0.15) is 0 Å². The highest BCUT2D eigenvalue weighted by atomic mass is 28.4. The van der Waals surface area contributed by atoms with E-state index < -0.39 is 8.32 Å². The summed E-state index contributed by atoms with van der Waals surface area (Å²) in [5, 5.41) is 0.303. The third-order valence-corrected chi connectivity index (χ3v) is 6.72. The summed E-state index contributed by atoms with van der Waals surface area (Å²) in [6.07, 6.45) is 5.18. The topological polar surface area (TPSA) is 18.5 Å². The van der Waals surface area contributed by atoms with Gasteiger partial charge in [0.15, 0.2) is 8.32 Å². The lowest BCUT2D eigenvalue weighted by molar-refractivity contribution is -0.00738. The maximum atomic E-state index is 5.94. The van der Waals surface area contributed by atoms with Crippen molar-refractivity contribution in [3.63, 3.8) is 0 Å². The molecule has 0 aromatic carbocycles. The van der Waals surface area contributed by atoms with Crippen LogP contribution in [0.15, 0.2) is 0 Å². The Labute approximate surface area is 104 Å². The molecule has 1 rings (SSSR count). The van der Waals surface area contributed by atoms with Gasteiger partial charge in [0.25, 0.3) is 0 Å². The summed E-state index contributed by atoms with van der Waals surface area (Å²) in [7, 11) is -1.36. The molecular formula is C12H28O2Si2. The number of hydrogen-bond donors (Lipinski definition) is 0. The van der Waals surface area contributed by atoms with Crippen molar-refractivity contribution >= 4 is 17.8 Å². The molecule has 1 heterocycles. The zero-order chi connectivity index (χ0) is 12.1. The first kappa shape index (κ1) is 14.4. The lowest BCUT2D eigenvalue weighted by Gasteiger charge is -2.34. The second-order valence-corrected chi connectivity index (χ2v) is 13.4. The largest absolute Gasteiger partial charge is 0.418 e. The molecule has 1 fully saturated rings. The van der Waals surface area contributed by atoms with Crippen LogP contribution in [-0.2, 0) is 9.16 Å². The molecule has 1 saturated heterocycles. The first-order chi connectivity index (χ1) is 7.41. The molecule has 1 atom stereocenters. The summed E-state index contributed by atoms with van der Waals surface area (Å²) in [5.41, 5.74) is 0. The first-order valence-electron chi connectivity index (χ1n) is 6.69. The average molecular weight is 261 g/mol. The first-order valence-corrected chi connectivity index (χ1v) is 11.8. The molecule has 0 N–H and O–H groups in total. The van der Waals surface area contributed by atoms with Crippen LogP contribution in [0.5, 0.6) is 0 Å². The van der Waals surface area contributed by atoms with E-state index in [2.05, 4.69) is 26.6 Å². The molecule has 2 nitrogen and oxygen atoms in total. The van der Waals surface area contributed by atoms with Crippen molar-refractivity contribution in [2.24, 2.45) is 0 Å². The number of rotatable bonds is 6. The van der Waals surface area contributed by atoms with Crippen LogP contribution >= 0.6 is 0 Å². The highest BCUT2D eigenvalue weighted by molar-refractivity contribution is 6.69. The second-order valence-electron chi connectivity index (χ2n) is 6.17. The Bertz CT molecular complexity index is 196. The fraction of sp³-hybridized carbons (Fsp3) is 1.00. The zero-order valence-corrected chi connectivity index (χ0v) is 13.9. The molecule has 0 bridgehead atoms. The Hall–Kier alpha value is 0.354. The highest BCUT2D eigenvalue weighted by Crippen LogP contribution is 2.24. The Morgan fingerprint density at radius 1 is 1.31 bits per heavy atom. The predicted octanol–water partition coefficient (Wildman–Crippen LogP) is 2.73. The van der Waals surface area contributed by atoms with Crippen LogP contribution in [0.25, 0.3) is 0 Å². The Morgan fingerprint density at radius 3 is 2.62 bits per heavy atom. The van der Waals surface area contributed by atoms with Crippen molar-refractivity contribution in [1.29, 1.82) is 0 Å². The van der Waals surface area contributed by atoms with Gasteiger partial charge in [-0.1, -0.05) is 6.04 Å². The molecule has 0 aromatic heterocycles. The van der Waals surface area contributed by atoms with E-state index in [1.807, 2.05) is 0 Å². The van der Waals surface area contributed by atoms with Crippen LogP contribution in [0.2, 0.25) is 25.7 Å². The minimum Gasteiger partial charge on any atom is -0.418 e. The third kappa shape index (κ3) is 6.18. The molecule has 4 heteroatoms. The maximum Gasteiger partial charge on any atom is 0.183 e. The van der Waals surface area contributed by atoms with E-state index in [1.54, 1.807) is 0 Å². The van der Waals surface area contributed by atoms with Crippen molar-refractivity contribution < 1.29 is 9.16 Å². The van der Waals surface area contributed by atoms with Gasteiger partial charge in [-0.05, 0) is 52.2 Å². The smallest absolute Gasteiger partial charge is 0.183 e. The summed E-state index contributed by atoms with van der Waals surface area (Å²) >= 11 is 0. The van der Waals surface area contributed by atoms with Gasteiger partial charge >= 0.3 is 0 Å². The summed E-state index contributed by atoms with van der Waals surface area (Å²) in [5.74, 6) is 0. The molecule has 0 aliphatic carbocycles. The van der Waals surface area contributed by atoms with E-state index >= 15 is 0 Å². The molecule has 1 aliphatic rings. The quantitative estimate of drug-likeness (QED) is 0.540. The second kappa shape index (κ2) is 6.33. The molecule has 0 saturated carbocycles. The maximum absolute atomic E-state index is 5.94. The van der Waals surface area contributed by atoms with Crippen LogP contribution in [-0.4, -0.2) is 36.3 Å². The Kier molecular flexibility index (Phi) is 5.70. The Morgan fingerprint density at radius 2 is 2.06 bits per heavy atom. The van der Waals surface area contributed by atoms with Crippen LogP contribution < -0.4 is 0 Å². The van der Waals surface area contributed by atoms with Gasteiger partial charge in [-0.25, -0.2) is 0 Å². The predicted molar refractivity (Wildman–Crippen MR) is 75.5 cm³/mol. The van der Waals surface area contributed by atoms with Crippen molar-refractivity contribution in [2.75, 3.05) is 13.2 Å². The summed E-state index contributed by atoms with van der Waals surface area (Å²) in [4.78, 5) is 0. The van der Waals surface area contributed by atoms with Crippen LogP contribution in [0.1, 0.15) is 32.6 Å². The van der Waals surface area contributed by atoms with Gasteiger partial charge < -0.3 is 9.16 Å². The lowest BCUT2D eigenvalue weighted by Crippen LogP contribution is -2.39. The molecule has 96 valence electrons. The van der Waals surface area contributed by atoms with Crippen molar-refractivity contribution in [1.82, 2.24) is 0 Å². The van der Waals surface area contributed by atoms with Gasteiger partial charge in [-0.2, -0.15) is 0 Å².